The monoisotopic (exact) mass is 115 g/mol. The van der Waals surface area contributed by atoms with Gasteiger partial charge in [-0.15, -0.1) is 0 Å². The van der Waals surface area contributed by atoms with Gasteiger partial charge in [0.25, 0.3) is 0 Å². The van der Waals surface area contributed by atoms with Gasteiger partial charge in [-0.1, -0.05) is 0 Å². The topological polar surface area (TPSA) is 46.2 Å². The minimum absolute atomic E-state index is 0.142. The molecular weight excluding hydrogens is 102 g/mol. The van der Waals surface area contributed by atoms with E-state index in [1.54, 1.807) is 0 Å². The molecule has 8 heavy (non-hydrogen) atoms. The second-order valence-corrected chi connectivity index (χ2v) is 2.69. The molecular formula is C6H13NO. The molecule has 2 nitrogen and oxygen atoms in total. The molecule has 48 valence electrons. The lowest BCUT2D eigenvalue weighted by Gasteiger charge is -2.03. The van der Waals surface area contributed by atoms with E-state index in [0.717, 1.165) is 25.7 Å². The summed E-state index contributed by atoms with van der Waals surface area (Å²) in [6, 6.07) is 0. The molecule has 0 aromatic heterocycles. The Hall–Kier alpha value is -0.0800. The van der Waals surface area contributed by atoms with Crippen LogP contribution in [-0.4, -0.2) is 17.3 Å². The highest BCUT2D eigenvalue weighted by molar-refractivity contribution is 4.97. The zero-order valence-electron chi connectivity index (χ0n) is 5.06. The van der Waals surface area contributed by atoms with Crippen molar-refractivity contribution in [2.45, 2.75) is 31.2 Å². The zero-order chi connectivity index (χ0) is 6.04. The van der Waals surface area contributed by atoms with Gasteiger partial charge in [-0.05, 0) is 25.7 Å². The summed E-state index contributed by atoms with van der Waals surface area (Å²) in [7, 11) is 0. The van der Waals surface area contributed by atoms with Crippen LogP contribution in [0.25, 0.3) is 0 Å². The molecule has 0 aromatic carbocycles. The molecule has 0 atom stereocenters. The van der Waals surface area contributed by atoms with E-state index in [1.807, 2.05) is 0 Å². The molecule has 0 radical (unpaired) electrons. The second kappa shape index (κ2) is 2.03. The van der Waals surface area contributed by atoms with Crippen molar-refractivity contribution in [3.63, 3.8) is 0 Å². The fourth-order valence-corrected chi connectivity index (χ4v) is 0.842. The summed E-state index contributed by atoms with van der Waals surface area (Å²) >= 11 is 0. The van der Waals surface area contributed by atoms with Crippen molar-refractivity contribution in [3.8, 4) is 0 Å². The molecule has 1 aliphatic rings. The molecule has 0 bridgehead atoms. The highest BCUT2D eigenvalue weighted by Crippen LogP contribution is 2.36. The van der Waals surface area contributed by atoms with Crippen molar-refractivity contribution in [1.29, 1.82) is 0 Å². The van der Waals surface area contributed by atoms with Crippen molar-refractivity contribution >= 4 is 0 Å². The van der Waals surface area contributed by atoms with Crippen LogP contribution >= 0.6 is 0 Å². The van der Waals surface area contributed by atoms with Crippen LogP contribution in [-0.2, 0) is 0 Å². The lowest BCUT2D eigenvalue weighted by Crippen LogP contribution is -2.21. The maximum atomic E-state index is 8.40. The van der Waals surface area contributed by atoms with Gasteiger partial charge in [0, 0.05) is 12.1 Å². The Morgan fingerprint density at radius 2 is 2.12 bits per heavy atom. The van der Waals surface area contributed by atoms with E-state index in [-0.39, 0.29) is 5.54 Å². The quantitative estimate of drug-likeness (QED) is 0.554. The van der Waals surface area contributed by atoms with Gasteiger partial charge < -0.3 is 10.8 Å². The van der Waals surface area contributed by atoms with Gasteiger partial charge >= 0.3 is 0 Å². The van der Waals surface area contributed by atoms with Crippen LogP contribution in [0.3, 0.4) is 0 Å². The van der Waals surface area contributed by atoms with Gasteiger partial charge in [0.2, 0.25) is 0 Å². The number of nitrogens with two attached hydrogens (primary N) is 1. The summed E-state index contributed by atoms with van der Waals surface area (Å²) < 4.78 is 0. The maximum Gasteiger partial charge on any atom is 0.0431 e. The van der Waals surface area contributed by atoms with Crippen molar-refractivity contribution in [1.82, 2.24) is 0 Å². The Morgan fingerprint density at radius 3 is 2.50 bits per heavy atom. The number of hydrogen-bond donors (Lipinski definition) is 2. The molecule has 1 rings (SSSR count). The molecule has 0 unspecified atom stereocenters. The van der Waals surface area contributed by atoms with Gasteiger partial charge in [0.15, 0.2) is 0 Å². The van der Waals surface area contributed by atoms with E-state index in [0.29, 0.717) is 6.61 Å². The fourth-order valence-electron chi connectivity index (χ4n) is 0.842. The zero-order valence-corrected chi connectivity index (χ0v) is 5.06. The first-order valence-corrected chi connectivity index (χ1v) is 3.17. The third kappa shape index (κ3) is 1.46. The summed E-state index contributed by atoms with van der Waals surface area (Å²) in [5, 5.41) is 8.40. The Bertz CT molecular complexity index is 78.6. The second-order valence-electron chi connectivity index (χ2n) is 2.69. The van der Waals surface area contributed by atoms with E-state index < -0.39 is 0 Å². The highest BCUT2D eigenvalue weighted by atomic mass is 16.2. The molecule has 0 saturated heterocycles. The molecule has 2 heteroatoms. The van der Waals surface area contributed by atoms with Gasteiger partial charge in [-0.25, -0.2) is 0 Å². The summed E-state index contributed by atoms with van der Waals surface area (Å²) in [4.78, 5) is 0. The van der Waals surface area contributed by atoms with Gasteiger partial charge in [0.1, 0.15) is 0 Å². The van der Waals surface area contributed by atoms with Crippen LogP contribution in [0.1, 0.15) is 25.7 Å². The van der Waals surface area contributed by atoms with E-state index in [9.17, 15) is 0 Å². The third-order valence-electron chi connectivity index (χ3n) is 1.73. The Morgan fingerprint density at radius 1 is 1.50 bits per heavy atom. The van der Waals surface area contributed by atoms with Crippen molar-refractivity contribution in [2.75, 3.05) is 6.61 Å². The average molecular weight is 115 g/mol. The molecule has 0 aliphatic heterocycles. The first-order chi connectivity index (χ1) is 3.77. The van der Waals surface area contributed by atoms with E-state index in [4.69, 9.17) is 10.8 Å². The van der Waals surface area contributed by atoms with E-state index >= 15 is 0 Å². The number of aliphatic hydroxyl groups excluding tert-OH is 1. The van der Waals surface area contributed by atoms with Crippen LogP contribution < -0.4 is 5.73 Å². The first kappa shape index (κ1) is 6.05. The molecule has 3 N–H and O–H groups in total. The lowest BCUT2D eigenvalue weighted by molar-refractivity contribution is 0.278. The first-order valence-electron chi connectivity index (χ1n) is 3.17. The molecule has 1 fully saturated rings. The summed E-state index contributed by atoms with van der Waals surface area (Å²) in [5.41, 5.74) is 5.86. The lowest BCUT2D eigenvalue weighted by atomic mass is 10.1. The predicted octanol–water partition coefficient (Wildman–Crippen LogP) is 0.250. The number of hydrogen-bond acceptors (Lipinski definition) is 2. The van der Waals surface area contributed by atoms with Gasteiger partial charge in [0.05, 0.1) is 0 Å². The molecule has 0 heterocycles. The SMILES string of the molecule is NC1(CCCO)CC1. The van der Waals surface area contributed by atoms with Crippen LogP contribution in [0.5, 0.6) is 0 Å². The molecule has 0 spiro atoms. The largest absolute Gasteiger partial charge is 0.396 e. The smallest absolute Gasteiger partial charge is 0.0431 e. The minimum Gasteiger partial charge on any atom is -0.396 e. The van der Waals surface area contributed by atoms with Gasteiger partial charge in [-0.3, -0.25) is 0 Å². The van der Waals surface area contributed by atoms with E-state index in [1.165, 1.54) is 0 Å². The van der Waals surface area contributed by atoms with Crippen LogP contribution in [0.15, 0.2) is 0 Å². The summed E-state index contributed by atoms with van der Waals surface area (Å²) in [6.07, 6.45) is 4.19. The highest BCUT2D eigenvalue weighted by Gasteiger charge is 2.36. The molecule has 1 aliphatic carbocycles. The molecule has 0 amide bonds. The Kier molecular flexibility index (Phi) is 1.54. The standard InChI is InChI=1S/C6H13NO/c7-6(3-4-6)2-1-5-8/h8H,1-5,7H2. The van der Waals surface area contributed by atoms with Crippen molar-refractivity contribution in [2.24, 2.45) is 5.73 Å². The molecule has 0 aromatic rings. The third-order valence-corrected chi connectivity index (χ3v) is 1.73. The predicted molar refractivity (Wildman–Crippen MR) is 32.5 cm³/mol. The fraction of sp³-hybridized carbons (Fsp3) is 1.00. The van der Waals surface area contributed by atoms with Crippen LogP contribution in [0, 0.1) is 0 Å². The Balaban J connectivity index is 2.01. The molecule has 1 saturated carbocycles. The van der Waals surface area contributed by atoms with Crippen molar-refractivity contribution in [3.05, 3.63) is 0 Å². The van der Waals surface area contributed by atoms with E-state index in [2.05, 4.69) is 0 Å². The average Bonchev–Trinajstić information content (AvgIpc) is 2.45. The number of rotatable bonds is 3. The van der Waals surface area contributed by atoms with Crippen LogP contribution in [0.4, 0.5) is 0 Å². The van der Waals surface area contributed by atoms with Gasteiger partial charge in [-0.2, -0.15) is 0 Å². The number of aliphatic hydroxyl groups is 1. The maximum absolute atomic E-state index is 8.40. The van der Waals surface area contributed by atoms with Crippen LogP contribution in [0.2, 0.25) is 0 Å². The minimum atomic E-state index is 0.142. The van der Waals surface area contributed by atoms with Crippen molar-refractivity contribution < 1.29 is 5.11 Å². The summed E-state index contributed by atoms with van der Waals surface area (Å²) in [6.45, 7) is 0.291. The normalized spacial score (nSPS) is 23.2. The Labute approximate surface area is 49.7 Å². The summed E-state index contributed by atoms with van der Waals surface area (Å²) in [5.74, 6) is 0.